The number of hydrogen-bond acceptors (Lipinski definition) is 2. The Balaban J connectivity index is 1.97. The van der Waals surface area contributed by atoms with Crippen LogP contribution >= 0.6 is 0 Å². The minimum atomic E-state index is 0.955. The fraction of sp³-hybridized carbons (Fsp3) is 0.692. The van der Waals surface area contributed by atoms with Crippen molar-refractivity contribution in [3.8, 4) is 0 Å². The van der Waals surface area contributed by atoms with Crippen LogP contribution in [0.4, 0.5) is 0 Å². The number of piperidine rings is 1. The van der Waals surface area contributed by atoms with Gasteiger partial charge in [-0.2, -0.15) is 0 Å². The molecule has 16 heavy (non-hydrogen) atoms. The third-order valence-corrected chi connectivity index (χ3v) is 3.52. The molecular formula is C13H23N3. The lowest BCUT2D eigenvalue weighted by Gasteiger charge is -2.26. The van der Waals surface area contributed by atoms with Gasteiger partial charge in [0.25, 0.3) is 0 Å². The van der Waals surface area contributed by atoms with Gasteiger partial charge >= 0.3 is 0 Å². The fourth-order valence-electron chi connectivity index (χ4n) is 2.46. The molecule has 1 aromatic rings. The molecule has 3 heteroatoms. The standard InChI is InChI=1S/C13H23N3/c1-14-10-12-6-7-13(15(12)2)11-16-8-4-3-5-9-16/h6-7,14H,3-5,8-11H2,1-2H3. The normalized spacial score (nSPS) is 17.9. The lowest BCUT2D eigenvalue weighted by atomic mass is 10.1. The predicted octanol–water partition coefficient (Wildman–Crippen LogP) is 1.73. The van der Waals surface area contributed by atoms with Crippen LogP contribution in [0.3, 0.4) is 0 Å². The first-order chi connectivity index (χ1) is 7.81. The van der Waals surface area contributed by atoms with E-state index in [0.717, 1.165) is 13.1 Å². The van der Waals surface area contributed by atoms with Gasteiger partial charge in [-0.05, 0) is 45.1 Å². The summed E-state index contributed by atoms with van der Waals surface area (Å²) in [5, 5.41) is 3.21. The molecule has 1 fully saturated rings. The lowest BCUT2D eigenvalue weighted by Crippen LogP contribution is -2.30. The molecule has 1 N–H and O–H groups in total. The molecule has 0 atom stereocenters. The molecule has 90 valence electrons. The molecule has 2 rings (SSSR count). The number of hydrogen-bond donors (Lipinski definition) is 1. The van der Waals surface area contributed by atoms with Gasteiger partial charge in [-0.15, -0.1) is 0 Å². The molecule has 0 aromatic carbocycles. The summed E-state index contributed by atoms with van der Waals surface area (Å²) in [5.41, 5.74) is 2.81. The second kappa shape index (κ2) is 5.51. The van der Waals surface area contributed by atoms with Crippen LogP contribution in [0.5, 0.6) is 0 Å². The fourth-order valence-corrected chi connectivity index (χ4v) is 2.46. The molecule has 1 aliphatic rings. The molecule has 2 heterocycles. The van der Waals surface area contributed by atoms with Gasteiger partial charge in [-0.1, -0.05) is 6.42 Å². The SMILES string of the molecule is CNCc1ccc(CN2CCCCC2)n1C. The minimum absolute atomic E-state index is 0.955. The second-order valence-electron chi connectivity index (χ2n) is 4.74. The zero-order valence-corrected chi connectivity index (χ0v) is 10.5. The van der Waals surface area contributed by atoms with Crippen LogP contribution in [0.25, 0.3) is 0 Å². The van der Waals surface area contributed by atoms with E-state index in [9.17, 15) is 0 Å². The summed E-state index contributed by atoms with van der Waals surface area (Å²) in [6.07, 6.45) is 4.15. The Morgan fingerprint density at radius 1 is 1.12 bits per heavy atom. The molecule has 1 aliphatic heterocycles. The van der Waals surface area contributed by atoms with Crippen LogP contribution in [0.2, 0.25) is 0 Å². The highest BCUT2D eigenvalue weighted by molar-refractivity contribution is 5.16. The average Bonchev–Trinajstić information content (AvgIpc) is 2.64. The van der Waals surface area contributed by atoms with E-state index in [1.165, 1.54) is 43.7 Å². The number of nitrogens with zero attached hydrogens (tertiary/aromatic N) is 2. The van der Waals surface area contributed by atoms with Gasteiger partial charge in [0.05, 0.1) is 0 Å². The van der Waals surface area contributed by atoms with E-state index in [2.05, 4.69) is 34.0 Å². The lowest BCUT2D eigenvalue weighted by molar-refractivity contribution is 0.216. The highest BCUT2D eigenvalue weighted by Gasteiger charge is 2.12. The van der Waals surface area contributed by atoms with Crippen LogP contribution in [-0.2, 0) is 20.1 Å². The maximum absolute atomic E-state index is 3.21. The van der Waals surface area contributed by atoms with Crippen molar-refractivity contribution in [3.63, 3.8) is 0 Å². The van der Waals surface area contributed by atoms with Crippen LogP contribution in [0, 0.1) is 0 Å². The maximum Gasteiger partial charge on any atom is 0.0387 e. The van der Waals surface area contributed by atoms with Crippen molar-refractivity contribution < 1.29 is 0 Å². The molecule has 1 aromatic heterocycles. The van der Waals surface area contributed by atoms with Crippen molar-refractivity contribution in [2.45, 2.75) is 32.4 Å². The Kier molecular flexibility index (Phi) is 4.02. The first-order valence-electron chi connectivity index (χ1n) is 6.31. The molecule has 1 saturated heterocycles. The summed E-state index contributed by atoms with van der Waals surface area (Å²) >= 11 is 0. The van der Waals surface area contributed by atoms with Crippen molar-refractivity contribution in [2.75, 3.05) is 20.1 Å². The molecular weight excluding hydrogens is 198 g/mol. The highest BCUT2D eigenvalue weighted by Crippen LogP contribution is 2.14. The van der Waals surface area contributed by atoms with Gasteiger partial charge in [0.1, 0.15) is 0 Å². The van der Waals surface area contributed by atoms with E-state index in [1.807, 2.05) is 7.05 Å². The minimum Gasteiger partial charge on any atom is -0.349 e. The largest absolute Gasteiger partial charge is 0.349 e. The topological polar surface area (TPSA) is 20.2 Å². The van der Waals surface area contributed by atoms with Crippen molar-refractivity contribution in [1.29, 1.82) is 0 Å². The molecule has 0 saturated carbocycles. The first kappa shape index (κ1) is 11.7. The van der Waals surface area contributed by atoms with Crippen molar-refractivity contribution >= 4 is 0 Å². The molecule has 0 unspecified atom stereocenters. The summed E-state index contributed by atoms with van der Waals surface area (Å²) in [5.74, 6) is 0. The highest BCUT2D eigenvalue weighted by atomic mass is 15.1. The summed E-state index contributed by atoms with van der Waals surface area (Å²) in [6, 6.07) is 4.50. The van der Waals surface area contributed by atoms with E-state index < -0.39 is 0 Å². The zero-order chi connectivity index (χ0) is 11.4. The third kappa shape index (κ3) is 2.66. The zero-order valence-electron chi connectivity index (χ0n) is 10.5. The Hall–Kier alpha value is -0.800. The molecule has 3 nitrogen and oxygen atoms in total. The first-order valence-corrected chi connectivity index (χ1v) is 6.31. The Morgan fingerprint density at radius 3 is 2.50 bits per heavy atom. The maximum atomic E-state index is 3.21. The molecule has 0 radical (unpaired) electrons. The summed E-state index contributed by atoms with van der Waals surface area (Å²) in [4.78, 5) is 2.57. The Bertz CT molecular complexity index is 324. The second-order valence-corrected chi connectivity index (χ2v) is 4.74. The van der Waals surface area contributed by atoms with E-state index in [1.54, 1.807) is 0 Å². The van der Waals surface area contributed by atoms with E-state index in [0.29, 0.717) is 0 Å². The smallest absolute Gasteiger partial charge is 0.0387 e. The molecule has 0 aliphatic carbocycles. The number of rotatable bonds is 4. The van der Waals surface area contributed by atoms with Crippen LogP contribution in [0.15, 0.2) is 12.1 Å². The van der Waals surface area contributed by atoms with E-state index in [4.69, 9.17) is 0 Å². The van der Waals surface area contributed by atoms with E-state index in [-0.39, 0.29) is 0 Å². The van der Waals surface area contributed by atoms with Crippen LogP contribution < -0.4 is 5.32 Å². The molecule has 0 amide bonds. The summed E-state index contributed by atoms with van der Waals surface area (Å²) in [7, 11) is 4.17. The van der Waals surface area contributed by atoms with Crippen molar-refractivity contribution in [3.05, 3.63) is 23.5 Å². The summed E-state index contributed by atoms with van der Waals surface area (Å²) < 4.78 is 2.32. The quantitative estimate of drug-likeness (QED) is 0.835. The predicted molar refractivity (Wildman–Crippen MR) is 67.3 cm³/mol. The Labute approximate surface area is 98.4 Å². The van der Waals surface area contributed by atoms with Gasteiger partial charge in [0, 0.05) is 31.5 Å². The van der Waals surface area contributed by atoms with Gasteiger partial charge in [0.15, 0.2) is 0 Å². The third-order valence-electron chi connectivity index (χ3n) is 3.52. The van der Waals surface area contributed by atoms with Gasteiger partial charge in [-0.3, -0.25) is 4.90 Å². The van der Waals surface area contributed by atoms with Crippen LogP contribution in [0.1, 0.15) is 30.7 Å². The van der Waals surface area contributed by atoms with Crippen molar-refractivity contribution in [1.82, 2.24) is 14.8 Å². The molecule has 0 spiro atoms. The van der Waals surface area contributed by atoms with Gasteiger partial charge in [-0.25, -0.2) is 0 Å². The number of nitrogens with one attached hydrogen (secondary N) is 1. The van der Waals surface area contributed by atoms with Gasteiger partial charge in [0.2, 0.25) is 0 Å². The van der Waals surface area contributed by atoms with E-state index >= 15 is 0 Å². The van der Waals surface area contributed by atoms with Gasteiger partial charge < -0.3 is 9.88 Å². The Morgan fingerprint density at radius 2 is 1.81 bits per heavy atom. The average molecular weight is 221 g/mol. The molecule has 0 bridgehead atoms. The van der Waals surface area contributed by atoms with Crippen molar-refractivity contribution in [2.24, 2.45) is 7.05 Å². The number of aromatic nitrogens is 1. The van der Waals surface area contributed by atoms with Crippen LogP contribution in [-0.4, -0.2) is 29.6 Å². The monoisotopic (exact) mass is 221 g/mol. The summed E-state index contributed by atoms with van der Waals surface area (Å²) in [6.45, 7) is 4.61. The number of likely N-dealkylation sites (tertiary alicyclic amines) is 1.